The number of carbonyl (C=O) groups is 3. The third-order valence-corrected chi connectivity index (χ3v) is 5.87. The highest BCUT2D eigenvalue weighted by molar-refractivity contribution is 7.09. The Balaban J connectivity index is 0.00000481. The molecule has 0 saturated heterocycles. The number of benzene rings is 2. The molecule has 37 heavy (non-hydrogen) atoms. The van der Waals surface area contributed by atoms with Crippen molar-refractivity contribution in [1.82, 2.24) is 16.1 Å². The lowest BCUT2D eigenvalue weighted by atomic mass is 10.1. The molecule has 0 spiro atoms. The van der Waals surface area contributed by atoms with E-state index in [1.807, 2.05) is 17.5 Å². The number of amides is 3. The molecule has 194 valence electrons. The average molecular weight is 523 g/mol. The van der Waals surface area contributed by atoms with E-state index in [1.165, 1.54) is 17.3 Å². The fraction of sp³-hybridized carbons (Fsp3) is 0.222. The van der Waals surface area contributed by atoms with E-state index in [9.17, 15) is 19.5 Å². The predicted octanol–water partition coefficient (Wildman–Crippen LogP) is 2.50. The van der Waals surface area contributed by atoms with Crippen molar-refractivity contribution in [2.24, 2.45) is 0 Å². The highest BCUT2D eigenvalue weighted by Gasteiger charge is 2.25. The maximum Gasteiger partial charge on any atom is 0.268 e. The highest BCUT2D eigenvalue weighted by Crippen LogP contribution is 2.10. The van der Waals surface area contributed by atoms with E-state index in [0.29, 0.717) is 17.8 Å². The molecule has 0 unspecified atom stereocenters. The number of hydrogen-bond acceptors (Lipinski definition) is 7. The number of aliphatic hydroxyl groups is 1. The largest absolute Gasteiger partial charge is 0.391 e. The maximum atomic E-state index is 12.3. The molecule has 2 aromatic carbocycles. The first kappa shape index (κ1) is 29.2. The molecule has 3 amide bonds. The minimum Gasteiger partial charge on any atom is -0.391 e. The zero-order valence-corrected chi connectivity index (χ0v) is 20.3. The molecular weight excluding hydrogens is 492 g/mol. The SMILES string of the molecule is C.C[C@@H](O)[C@H](NC(=O)c1ccc(C#Cc2ccc(NC(=O)CNCc3cccs3)cc2)cc1)C(=O)NO. The minimum atomic E-state index is -1.29. The van der Waals surface area contributed by atoms with Crippen LogP contribution in [-0.4, -0.2) is 46.7 Å². The predicted molar refractivity (Wildman–Crippen MR) is 143 cm³/mol. The Labute approximate surface area is 219 Å². The molecule has 3 aromatic rings. The Morgan fingerprint density at radius 1 is 0.973 bits per heavy atom. The van der Waals surface area contributed by atoms with Crippen LogP contribution in [0.15, 0.2) is 66.0 Å². The molecule has 0 saturated carbocycles. The summed E-state index contributed by atoms with van der Waals surface area (Å²) < 4.78 is 0. The average Bonchev–Trinajstić information content (AvgIpc) is 3.40. The van der Waals surface area contributed by atoms with Crippen LogP contribution in [0.2, 0.25) is 0 Å². The molecule has 0 aliphatic heterocycles. The van der Waals surface area contributed by atoms with Crippen molar-refractivity contribution in [2.45, 2.75) is 33.0 Å². The molecule has 3 rings (SSSR count). The number of hydrogen-bond donors (Lipinski definition) is 6. The van der Waals surface area contributed by atoms with Crippen LogP contribution in [0.1, 0.15) is 40.7 Å². The van der Waals surface area contributed by atoms with Gasteiger partial charge in [-0.3, -0.25) is 19.6 Å². The summed E-state index contributed by atoms with van der Waals surface area (Å²) in [7, 11) is 0. The number of rotatable bonds is 9. The van der Waals surface area contributed by atoms with Crippen molar-refractivity contribution >= 4 is 34.7 Å². The lowest BCUT2D eigenvalue weighted by Gasteiger charge is -2.19. The number of nitrogens with one attached hydrogen (secondary N) is 4. The Morgan fingerprint density at radius 3 is 2.14 bits per heavy atom. The van der Waals surface area contributed by atoms with Crippen molar-refractivity contribution < 1.29 is 24.7 Å². The molecule has 0 bridgehead atoms. The molecule has 2 atom stereocenters. The lowest BCUT2D eigenvalue weighted by molar-refractivity contribution is -0.133. The molecular formula is C27H30N4O5S. The van der Waals surface area contributed by atoms with Crippen LogP contribution in [0.3, 0.4) is 0 Å². The van der Waals surface area contributed by atoms with Crippen LogP contribution >= 0.6 is 11.3 Å². The van der Waals surface area contributed by atoms with E-state index in [-0.39, 0.29) is 25.4 Å². The first-order chi connectivity index (χ1) is 17.4. The maximum absolute atomic E-state index is 12.3. The number of carbonyl (C=O) groups excluding carboxylic acids is 3. The summed E-state index contributed by atoms with van der Waals surface area (Å²) in [6.07, 6.45) is -1.20. The van der Waals surface area contributed by atoms with Gasteiger partial charge in [0.15, 0.2) is 0 Å². The van der Waals surface area contributed by atoms with Gasteiger partial charge < -0.3 is 21.1 Å². The Morgan fingerprint density at radius 2 is 1.59 bits per heavy atom. The van der Waals surface area contributed by atoms with Crippen molar-refractivity contribution in [3.05, 3.63) is 87.6 Å². The second-order valence-corrected chi connectivity index (χ2v) is 8.84. The molecule has 1 heterocycles. The van der Waals surface area contributed by atoms with E-state index in [4.69, 9.17) is 5.21 Å². The Hall–Kier alpha value is -4.01. The summed E-state index contributed by atoms with van der Waals surface area (Å²) in [6.45, 7) is 2.18. The lowest BCUT2D eigenvalue weighted by Crippen LogP contribution is -2.51. The van der Waals surface area contributed by atoms with Gasteiger partial charge in [0.25, 0.3) is 11.8 Å². The van der Waals surface area contributed by atoms with Gasteiger partial charge in [-0.1, -0.05) is 25.3 Å². The van der Waals surface area contributed by atoms with Crippen LogP contribution in [-0.2, 0) is 16.1 Å². The first-order valence-corrected chi connectivity index (χ1v) is 11.9. The number of thiophene rings is 1. The van der Waals surface area contributed by atoms with Crippen molar-refractivity contribution in [3.8, 4) is 11.8 Å². The zero-order chi connectivity index (χ0) is 25.9. The summed E-state index contributed by atoms with van der Waals surface area (Å²) in [5.41, 5.74) is 3.77. The van der Waals surface area contributed by atoms with Crippen molar-refractivity contribution in [3.63, 3.8) is 0 Å². The van der Waals surface area contributed by atoms with Crippen LogP contribution in [0.5, 0.6) is 0 Å². The van der Waals surface area contributed by atoms with E-state index >= 15 is 0 Å². The van der Waals surface area contributed by atoms with Crippen LogP contribution in [0, 0.1) is 11.8 Å². The minimum absolute atomic E-state index is 0. The van der Waals surface area contributed by atoms with E-state index in [1.54, 1.807) is 59.9 Å². The van der Waals surface area contributed by atoms with E-state index < -0.39 is 24.0 Å². The Kier molecular flexibility index (Phi) is 11.5. The van der Waals surface area contributed by atoms with Gasteiger partial charge in [0.1, 0.15) is 6.04 Å². The topological polar surface area (TPSA) is 140 Å². The quantitative estimate of drug-likeness (QED) is 0.145. The van der Waals surface area contributed by atoms with Gasteiger partial charge in [0.2, 0.25) is 5.91 Å². The van der Waals surface area contributed by atoms with Gasteiger partial charge >= 0.3 is 0 Å². The number of aliphatic hydroxyl groups excluding tert-OH is 1. The normalized spacial score (nSPS) is 11.6. The fourth-order valence-corrected chi connectivity index (χ4v) is 3.78. The molecule has 0 aliphatic carbocycles. The summed E-state index contributed by atoms with van der Waals surface area (Å²) in [6, 6.07) is 16.2. The standard InChI is InChI=1S/C26H26N4O5S.CH4/c1-17(31)24(26(34)30-35)29-25(33)20-10-6-18(7-11-20)4-5-19-8-12-21(13-9-19)28-23(32)16-27-15-22-3-2-14-36-22;/h2-3,6-14,17,24,27,31,35H,15-16H2,1H3,(H,28,32)(H,29,33)(H,30,34);1H4/t17-,24+;/m1./s1. The van der Waals surface area contributed by atoms with Gasteiger partial charge in [-0.15, -0.1) is 11.3 Å². The van der Waals surface area contributed by atoms with Gasteiger partial charge in [0.05, 0.1) is 12.6 Å². The van der Waals surface area contributed by atoms with Crippen LogP contribution in [0.25, 0.3) is 0 Å². The van der Waals surface area contributed by atoms with Gasteiger partial charge in [-0.05, 0) is 66.9 Å². The van der Waals surface area contributed by atoms with Gasteiger partial charge in [-0.2, -0.15) is 0 Å². The second-order valence-electron chi connectivity index (χ2n) is 7.80. The summed E-state index contributed by atoms with van der Waals surface area (Å²) >= 11 is 1.64. The summed E-state index contributed by atoms with van der Waals surface area (Å²) in [5.74, 6) is 4.39. The summed E-state index contributed by atoms with van der Waals surface area (Å²) in [5, 5.41) is 28.7. The van der Waals surface area contributed by atoms with Crippen molar-refractivity contribution in [1.29, 1.82) is 0 Å². The Bertz CT molecular complexity index is 1230. The zero-order valence-electron chi connectivity index (χ0n) is 19.4. The molecule has 10 heteroatoms. The molecule has 0 fully saturated rings. The highest BCUT2D eigenvalue weighted by atomic mass is 32.1. The van der Waals surface area contributed by atoms with Crippen LogP contribution in [0.4, 0.5) is 5.69 Å². The first-order valence-electron chi connectivity index (χ1n) is 11.0. The molecule has 6 N–H and O–H groups in total. The number of hydroxylamine groups is 1. The molecule has 0 radical (unpaired) electrons. The third-order valence-electron chi connectivity index (χ3n) is 4.99. The smallest absolute Gasteiger partial charge is 0.268 e. The third kappa shape index (κ3) is 9.18. The van der Waals surface area contributed by atoms with Crippen LogP contribution < -0.4 is 21.4 Å². The van der Waals surface area contributed by atoms with Gasteiger partial charge in [0, 0.05) is 33.8 Å². The van der Waals surface area contributed by atoms with E-state index in [0.717, 1.165) is 5.56 Å². The molecule has 0 aliphatic rings. The fourth-order valence-electron chi connectivity index (χ4n) is 3.10. The van der Waals surface area contributed by atoms with Crippen molar-refractivity contribution in [2.75, 3.05) is 11.9 Å². The monoisotopic (exact) mass is 522 g/mol. The molecule has 9 nitrogen and oxygen atoms in total. The molecule has 1 aromatic heterocycles. The second kappa shape index (κ2) is 14.5. The number of anilines is 1. The van der Waals surface area contributed by atoms with Gasteiger partial charge in [-0.25, -0.2) is 5.48 Å². The van der Waals surface area contributed by atoms with E-state index in [2.05, 4.69) is 27.8 Å². The summed E-state index contributed by atoms with van der Waals surface area (Å²) in [4.78, 5) is 37.2.